The van der Waals surface area contributed by atoms with Gasteiger partial charge in [-0.3, -0.25) is 0 Å². The zero-order chi connectivity index (χ0) is 18.2. The molecular weight excluding hydrogens is 328 g/mol. The van der Waals surface area contributed by atoms with Gasteiger partial charge in [-0.05, 0) is 36.8 Å². The third-order valence-corrected chi connectivity index (χ3v) is 3.83. The Kier molecular flexibility index (Phi) is 7.34. The van der Waals surface area contributed by atoms with Crippen molar-refractivity contribution >= 4 is 32.6 Å². The molecule has 0 bridgehead atoms. The van der Waals surface area contributed by atoms with Crippen LogP contribution in [-0.4, -0.2) is 32.1 Å². The normalized spacial score (nSPS) is 11.1. The number of nitrogen functional groups attached to an aromatic ring is 2. The number of sulfone groups is 1. The number of rotatable bonds is 4. The molecule has 7 nitrogen and oxygen atoms in total. The molecular formula is C16H22N4O3S. The zero-order valence-corrected chi connectivity index (χ0v) is 14.5. The summed E-state index contributed by atoms with van der Waals surface area (Å²) in [6.07, 6.45) is 1.09. The molecule has 0 fully saturated rings. The maximum Gasteiger partial charge on any atom is 0.149 e. The fourth-order valence-electron chi connectivity index (χ4n) is 1.59. The van der Waals surface area contributed by atoms with Crippen LogP contribution in [0.1, 0.15) is 5.56 Å². The molecule has 0 radical (unpaired) electrons. The van der Waals surface area contributed by atoms with Crippen molar-refractivity contribution in [2.75, 3.05) is 30.1 Å². The Morgan fingerprint density at radius 2 is 1.67 bits per heavy atom. The van der Waals surface area contributed by atoms with Crippen LogP contribution in [0.3, 0.4) is 0 Å². The maximum absolute atomic E-state index is 10.1. The zero-order valence-electron chi connectivity index (χ0n) is 13.7. The van der Waals surface area contributed by atoms with Crippen molar-refractivity contribution in [1.82, 2.24) is 0 Å². The van der Waals surface area contributed by atoms with Crippen molar-refractivity contribution in [3.8, 4) is 0 Å². The van der Waals surface area contributed by atoms with Crippen molar-refractivity contribution < 1.29 is 13.5 Å². The summed E-state index contributed by atoms with van der Waals surface area (Å²) in [6.45, 7) is 1.63. The van der Waals surface area contributed by atoms with Crippen LogP contribution in [0.2, 0.25) is 0 Å². The lowest BCUT2D eigenvalue weighted by Gasteiger charge is -2.04. The molecule has 0 aliphatic heterocycles. The second kappa shape index (κ2) is 8.99. The summed E-state index contributed by atoms with van der Waals surface area (Å²) in [5.74, 6) is -0.132. The van der Waals surface area contributed by atoms with E-state index in [1.165, 1.54) is 0 Å². The molecule has 0 heterocycles. The Morgan fingerprint density at radius 1 is 1.04 bits per heavy atom. The summed E-state index contributed by atoms with van der Waals surface area (Å²) >= 11 is 0. The van der Waals surface area contributed by atoms with Gasteiger partial charge in [0.15, 0.2) is 0 Å². The van der Waals surface area contributed by atoms with Gasteiger partial charge >= 0.3 is 0 Å². The molecule has 2 rings (SSSR count). The molecule has 5 N–H and O–H groups in total. The highest BCUT2D eigenvalue weighted by atomic mass is 32.2. The number of aliphatic hydroxyl groups excluding tert-OH is 1. The minimum atomic E-state index is -2.92. The van der Waals surface area contributed by atoms with Gasteiger partial charge in [0.25, 0.3) is 0 Å². The van der Waals surface area contributed by atoms with Gasteiger partial charge in [0, 0.05) is 11.9 Å². The fourth-order valence-corrected chi connectivity index (χ4v) is 1.92. The number of aryl methyl sites for hydroxylation is 1. The number of benzene rings is 2. The van der Waals surface area contributed by atoms with Gasteiger partial charge < -0.3 is 16.6 Å². The van der Waals surface area contributed by atoms with Crippen LogP contribution in [0.25, 0.3) is 0 Å². The van der Waals surface area contributed by atoms with Crippen molar-refractivity contribution in [2.45, 2.75) is 6.92 Å². The Hall–Kier alpha value is -2.45. The average molecular weight is 350 g/mol. The minimum Gasteiger partial charge on any atom is -0.398 e. The third kappa shape index (κ3) is 7.21. The van der Waals surface area contributed by atoms with E-state index in [0.29, 0.717) is 17.1 Å². The molecule has 24 heavy (non-hydrogen) atoms. The number of azo groups is 1. The summed E-state index contributed by atoms with van der Waals surface area (Å²) in [5, 5.41) is 16.3. The van der Waals surface area contributed by atoms with Gasteiger partial charge in [0.1, 0.15) is 15.5 Å². The van der Waals surface area contributed by atoms with Crippen molar-refractivity contribution in [3.05, 3.63) is 48.0 Å². The number of nitrogens with two attached hydrogens (primary N) is 2. The SMILES string of the molecule is CS(=O)(=O)CCO.Cc1cc(N=Nc2ccccc2)c(N)cc1N. The van der Waals surface area contributed by atoms with Crippen LogP contribution >= 0.6 is 0 Å². The largest absolute Gasteiger partial charge is 0.398 e. The van der Waals surface area contributed by atoms with Gasteiger partial charge in [0.2, 0.25) is 0 Å². The molecule has 2 aromatic rings. The smallest absolute Gasteiger partial charge is 0.149 e. The molecule has 0 unspecified atom stereocenters. The first-order valence-electron chi connectivity index (χ1n) is 7.14. The predicted molar refractivity (Wildman–Crippen MR) is 97.4 cm³/mol. The summed E-state index contributed by atoms with van der Waals surface area (Å²) in [6, 6.07) is 13.0. The van der Waals surface area contributed by atoms with Crippen LogP contribution < -0.4 is 11.5 Å². The molecule has 8 heteroatoms. The van der Waals surface area contributed by atoms with E-state index in [1.54, 1.807) is 6.07 Å². The van der Waals surface area contributed by atoms with E-state index in [0.717, 1.165) is 17.5 Å². The van der Waals surface area contributed by atoms with Crippen molar-refractivity contribution in [1.29, 1.82) is 0 Å². The Bertz CT molecular complexity index is 790. The lowest BCUT2D eigenvalue weighted by atomic mass is 10.1. The number of nitrogens with zero attached hydrogens (tertiary/aromatic N) is 2. The number of hydrogen-bond donors (Lipinski definition) is 3. The lowest BCUT2D eigenvalue weighted by Crippen LogP contribution is -2.05. The number of hydrogen-bond acceptors (Lipinski definition) is 7. The topological polar surface area (TPSA) is 131 Å². The summed E-state index contributed by atoms with van der Waals surface area (Å²) in [4.78, 5) is 0. The van der Waals surface area contributed by atoms with Gasteiger partial charge in [-0.2, -0.15) is 5.11 Å². The Balaban J connectivity index is 0.000000351. The first-order valence-corrected chi connectivity index (χ1v) is 9.20. The molecule has 130 valence electrons. The van der Waals surface area contributed by atoms with E-state index < -0.39 is 9.84 Å². The van der Waals surface area contributed by atoms with Gasteiger partial charge in [-0.15, -0.1) is 5.11 Å². The first kappa shape index (κ1) is 19.6. The minimum absolute atomic E-state index is 0.132. The Labute approximate surface area is 142 Å². The number of anilines is 2. The van der Waals surface area contributed by atoms with Crippen molar-refractivity contribution in [3.63, 3.8) is 0 Å². The maximum atomic E-state index is 10.1. The third-order valence-electron chi connectivity index (χ3n) is 2.91. The molecule has 0 atom stereocenters. The standard InChI is InChI=1S/C13H14N4.C3H8O3S/c1-9-7-13(12(15)8-11(9)14)17-16-10-5-3-2-4-6-10;1-7(5,6)3-2-4/h2-8H,14-15H2,1H3;4H,2-3H2,1H3. The summed E-state index contributed by atoms with van der Waals surface area (Å²) in [5.41, 5.74) is 15.1. The van der Waals surface area contributed by atoms with Crippen LogP contribution in [0.5, 0.6) is 0 Å². The van der Waals surface area contributed by atoms with Crippen LogP contribution in [0.4, 0.5) is 22.7 Å². The lowest BCUT2D eigenvalue weighted by molar-refractivity contribution is 0.320. The fraction of sp³-hybridized carbons (Fsp3) is 0.250. The summed E-state index contributed by atoms with van der Waals surface area (Å²) < 4.78 is 20.1. The van der Waals surface area contributed by atoms with Crippen LogP contribution in [0.15, 0.2) is 52.7 Å². The molecule has 0 amide bonds. The predicted octanol–water partition coefficient (Wildman–Crippen LogP) is 2.60. The molecule has 0 saturated heterocycles. The second-order valence-corrected chi connectivity index (χ2v) is 7.42. The highest BCUT2D eigenvalue weighted by molar-refractivity contribution is 7.90. The van der Waals surface area contributed by atoms with E-state index in [-0.39, 0.29) is 12.4 Å². The monoisotopic (exact) mass is 350 g/mol. The highest BCUT2D eigenvalue weighted by Gasteiger charge is 2.01. The van der Waals surface area contributed by atoms with E-state index in [2.05, 4.69) is 10.2 Å². The van der Waals surface area contributed by atoms with E-state index in [9.17, 15) is 8.42 Å². The molecule has 0 aromatic heterocycles. The van der Waals surface area contributed by atoms with E-state index in [4.69, 9.17) is 16.6 Å². The van der Waals surface area contributed by atoms with E-state index in [1.807, 2.05) is 43.3 Å². The van der Waals surface area contributed by atoms with Crippen molar-refractivity contribution in [2.24, 2.45) is 10.2 Å². The first-order chi connectivity index (χ1) is 11.2. The van der Waals surface area contributed by atoms with Crippen LogP contribution in [-0.2, 0) is 9.84 Å². The molecule has 2 aromatic carbocycles. The summed E-state index contributed by atoms with van der Waals surface area (Å²) in [7, 11) is -2.92. The quantitative estimate of drug-likeness (QED) is 0.576. The second-order valence-electron chi connectivity index (χ2n) is 5.16. The molecule has 0 saturated carbocycles. The highest BCUT2D eigenvalue weighted by Crippen LogP contribution is 2.28. The van der Waals surface area contributed by atoms with Gasteiger partial charge in [-0.25, -0.2) is 8.42 Å². The molecule has 0 aliphatic carbocycles. The van der Waals surface area contributed by atoms with Crippen LogP contribution in [0, 0.1) is 6.92 Å². The van der Waals surface area contributed by atoms with Gasteiger partial charge in [0.05, 0.1) is 23.7 Å². The van der Waals surface area contributed by atoms with Gasteiger partial charge in [-0.1, -0.05) is 18.2 Å². The number of aliphatic hydroxyl groups is 1. The molecule has 0 spiro atoms. The molecule has 0 aliphatic rings. The Morgan fingerprint density at radius 3 is 2.17 bits per heavy atom. The average Bonchev–Trinajstić information content (AvgIpc) is 2.50. The van der Waals surface area contributed by atoms with E-state index >= 15 is 0 Å².